The highest BCUT2D eigenvalue weighted by atomic mass is 35.5. The quantitative estimate of drug-likeness (QED) is 0.292. The van der Waals surface area contributed by atoms with Crippen molar-refractivity contribution in [1.29, 1.82) is 0 Å². The van der Waals surface area contributed by atoms with Gasteiger partial charge < -0.3 is 16.0 Å². The molecule has 1 aliphatic carbocycles. The van der Waals surface area contributed by atoms with Gasteiger partial charge in [-0.15, -0.1) is 0 Å². The monoisotopic (exact) mass is 532 g/mol. The second-order valence-electron chi connectivity index (χ2n) is 10.8. The van der Waals surface area contributed by atoms with E-state index in [1.165, 1.54) is 30.7 Å². The number of hydrogen-bond acceptors (Lipinski definition) is 8. The Hall–Kier alpha value is -3.27. The SMILES string of the molecule is CC1(C)CNCCC1NCc1nc(-c2ccnc(Nc3ncc(Cl)cc3F)c2)nc2cncc(C3CC3)c12. The fourth-order valence-corrected chi connectivity index (χ4v) is 5.33. The third-order valence-corrected chi connectivity index (χ3v) is 7.66. The third-order valence-electron chi connectivity index (χ3n) is 7.45. The van der Waals surface area contributed by atoms with E-state index in [1.807, 2.05) is 18.5 Å². The molecule has 0 radical (unpaired) electrons. The van der Waals surface area contributed by atoms with E-state index in [-0.39, 0.29) is 16.3 Å². The van der Waals surface area contributed by atoms with E-state index in [0.29, 0.717) is 30.1 Å². The fraction of sp³-hybridized carbons (Fsp3) is 0.393. The van der Waals surface area contributed by atoms with E-state index in [9.17, 15) is 4.39 Å². The fourth-order valence-electron chi connectivity index (χ4n) is 5.18. The van der Waals surface area contributed by atoms with E-state index >= 15 is 0 Å². The minimum atomic E-state index is -0.556. The average molecular weight is 533 g/mol. The Labute approximate surface area is 225 Å². The first-order valence-electron chi connectivity index (χ1n) is 13.0. The molecule has 0 amide bonds. The van der Waals surface area contributed by atoms with E-state index in [0.717, 1.165) is 41.7 Å². The smallest absolute Gasteiger partial charge is 0.167 e. The van der Waals surface area contributed by atoms with Gasteiger partial charge in [-0.05, 0) is 60.9 Å². The Kier molecular flexibility index (Phi) is 6.67. The second-order valence-corrected chi connectivity index (χ2v) is 11.3. The third kappa shape index (κ3) is 5.18. The first kappa shape index (κ1) is 25.0. The Morgan fingerprint density at radius 3 is 2.76 bits per heavy atom. The summed E-state index contributed by atoms with van der Waals surface area (Å²) >= 11 is 5.84. The maximum atomic E-state index is 14.3. The van der Waals surface area contributed by atoms with Gasteiger partial charge >= 0.3 is 0 Å². The molecule has 3 N–H and O–H groups in total. The van der Waals surface area contributed by atoms with Crippen molar-refractivity contribution in [3.8, 4) is 11.4 Å². The molecule has 8 nitrogen and oxygen atoms in total. The van der Waals surface area contributed by atoms with Crippen molar-refractivity contribution in [2.75, 3.05) is 18.4 Å². The van der Waals surface area contributed by atoms with Crippen LogP contribution in [0.1, 0.15) is 50.3 Å². The van der Waals surface area contributed by atoms with Crippen LogP contribution in [0, 0.1) is 11.2 Å². The maximum Gasteiger partial charge on any atom is 0.167 e. The number of halogens is 2. The normalized spacial score (nSPS) is 19.0. The topological polar surface area (TPSA) is 101 Å². The highest BCUT2D eigenvalue weighted by Crippen LogP contribution is 2.43. The second kappa shape index (κ2) is 10.1. The molecule has 2 aliphatic rings. The van der Waals surface area contributed by atoms with Gasteiger partial charge in [0.2, 0.25) is 0 Å². The molecule has 0 spiro atoms. The molecule has 10 heteroatoms. The van der Waals surface area contributed by atoms with Crippen molar-refractivity contribution in [3.05, 3.63) is 65.1 Å². The summed E-state index contributed by atoms with van der Waals surface area (Å²) in [5.74, 6) is 1.02. The van der Waals surface area contributed by atoms with Crippen LogP contribution in [-0.4, -0.2) is 44.1 Å². The van der Waals surface area contributed by atoms with E-state index in [2.05, 4.69) is 44.7 Å². The zero-order chi connectivity index (χ0) is 26.3. The van der Waals surface area contributed by atoms with Crippen LogP contribution in [-0.2, 0) is 6.54 Å². The Balaban J connectivity index is 1.36. The summed E-state index contributed by atoms with van der Waals surface area (Å²) in [4.78, 5) is 22.8. The lowest BCUT2D eigenvalue weighted by molar-refractivity contribution is 0.183. The Bertz CT molecular complexity index is 1490. The molecular weight excluding hydrogens is 503 g/mol. The summed E-state index contributed by atoms with van der Waals surface area (Å²) in [6.07, 6.45) is 10.2. The molecule has 1 unspecified atom stereocenters. The number of aromatic nitrogens is 5. The number of anilines is 2. The summed E-state index contributed by atoms with van der Waals surface area (Å²) in [5.41, 5.74) is 3.94. The van der Waals surface area contributed by atoms with Gasteiger partial charge in [-0.2, -0.15) is 0 Å². The first-order chi connectivity index (χ1) is 18.4. The summed E-state index contributed by atoms with van der Waals surface area (Å²) in [5, 5.41) is 11.6. The van der Waals surface area contributed by atoms with Gasteiger partial charge in [0.15, 0.2) is 17.5 Å². The predicted molar refractivity (Wildman–Crippen MR) is 147 cm³/mol. The zero-order valence-electron chi connectivity index (χ0n) is 21.4. The molecular formula is C28H30ClFN8. The van der Waals surface area contributed by atoms with Crippen molar-refractivity contribution in [3.63, 3.8) is 0 Å². The summed E-state index contributed by atoms with van der Waals surface area (Å²) in [6.45, 7) is 7.21. The number of nitrogens with zero attached hydrogens (tertiary/aromatic N) is 5. The lowest BCUT2D eigenvalue weighted by atomic mass is 9.80. The van der Waals surface area contributed by atoms with Gasteiger partial charge in [-0.1, -0.05) is 25.4 Å². The van der Waals surface area contributed by atoms with E-state index in [1.54, 1.807) is 12.3 Å². The van der Waals surface area contributed by atoms with Gasteiger partial charge in [-0.3, -0.25) is 4.98 Å². The highest BCUT2D eigenvalue weighted by Gasteiger charge is 2.32. The number of hydrogen-bond donors (Lipinski definition) is 3. The predicted octanol–water partition coefficient (Wildman–Crippen LogP) is 5.37. The number of nitrogens with one attached hydrogen (secondary N) is 3. The van der Waals surface area contributed by atoms with Gasteiger partial charge in [0.1, 0.15) is 5.82 Å². The van der Waals surface area contributed by atoms with Crippen LogP contribution in [0.3, 0.4) is 0 Å². The Morgan fingerprint density at radius 2 is 1.97 bits per heavy atom. The van der Waals surface area contributed by atoms with Crippen LogP contribution >= 0.6 is 11.6 Å². The molecule has 196 valence electrons. The molecule has 5 heterocycles. The standard InChI is InChI=1S/C28H30ClFN8/c1-28(2)15-31-7-6-23(28)34-14-22-25-19(16-3-4-16)12-32-13-21(25)36-26(37-22)17-5-8-33-24(9-17)38-27-20(30)10-18(29)11-35-27/h5,8-13,16,23,31,34H,3-4,6-7,14-15H2,1-2H3,(H,33,35,38). The maximum absolute atomic E-state index is 14.3. The van der Waals surface area contributed by atoms with Crippen LogP contribution < -0.4 is 16.0 Å². The minimum Gasteiger partial charge on any atom is -0.322 e. The molecule has 1 aliphatic heterocycles. The zero-order valence-corrected chi connectivity index (χ0v) is 22.2. The van der Waals surface area contributed by atoms with Crippen molar-refractivity contribution in [2.24, 2.45) is 5.41 Å². The molecule has 0 aromatic carbocycles. The summed E-state index contributed by atoms with van der Waals surface area (Å²) < 4.78 is 14.3. The van der Waals surface area contributed by atoms with Crippen LogP contribution in [0.25, 0.3) is 22.3 Å². The summed E-state index contributed by atoms with van der Waals surface area (Å²) in [6, 6.07) is 5.23. The van der Waals surface area contributed by atoms with Crippen molar-refractivity contribution < 1.29 is 4.39 Å². The Morgan fingerprint density at radius 1 is 1.11 bits per heavy atom. The molecule has 1 saturated carbocycles. The van der Waals surface area contributed by atoms with Gasteiger partial charge in [0.25, 0.3) is 0 Å². The number of pyridine rings is 3. The molecule has 1 saturated heterocycles. The molecule has 38 heavy (non-hydrogen) atoms. The highest BCUT2D eigenvalue weighted by molar-refractivity contribution is 6.30. The molecule has 4 aromatic heterocycles. The lowest BCUT2D eigenvalue weighted by Gasteiger charge is -2.39. The molecule has 0 bridgehead atoms. The molecule has 2 fully saturated rings. The molecule has 4 aromatic rings. The minimum absolute atomic E-state index is 0.0474. The van der Waals surface area contributed by atoms with Gasteiger partial charge in [0, 0.05) is 48.7 Å². The van der Waals surface area contributed by atoms with E-state index < -0.39 is 5.82 Å². The first-order valence-corrected chi connectivity index (χ1v) is 13.4. The number of fused-ring (bicyclic) bond motifs is 1. The number of rotatable bonds is 7. The number of piperidine rings is 1. The molecule has 6 rings (SSSR count). The van der Waals surface area contributed by atoms with Crippen molar-refractivity contribution in [2.45, 2.75) is 51.6 Å². The van der Waals surface area contributed by atoms with Gasteiger partial charge in [-0.25, -0.2) is 24.3 Å². The largest absolute Gasteiger partial charge is 0.322 e. The molecule has 1 atom stereocenters. The van der Waals surface area contributed by atoms with Gasteiger partial charge in [0.05, 0.1) is 22.4 Å². The lowest BCUT2D eigenvalue weighted by Crippen LogP contribution is -2.52. The van der Waals surface area contributed by atoms with Crippen molar-refractivity contribution >= 4 is 34.1 Å². The van der Waals surface area contributed by atoms with Crippen LogP contribution in [0.15, 0.2) is 43.0 Å². The summed E-state index contributed by atoms with van der Waals surface area (Å²) in [7, 11) is 0. The van der Waals surface area contributed by atoms with Crippen LogP contribution in [0.4, 0.5) is 16.0 Å². The van der Waals surface area contributed by atoms with Crippen LogP contribution in [0.5, 0.6) is 0 Å². The van der Waals surface area contributed by atoms with Crippen molar-refractivity contribution in [1.82, 2.24) is 35.6 Å². The van der Waals surface area contributed by atoms with Crippen LogP contribution in [0.2, 0.25) is 5.02 Å². The van der Waals surface area contributed by atoms with E-state index in [4.69, 9.17) is 21.6 Å². The average Bonchev–Trinajstić information content (AvgIpc) is 3.74.